The fraction of sp³-hybridized carbons (Fsp3) is 0.167. The third-order valence-corrected chi connectivity index (χ3v) is 8.41. The minimum Gasteiger partial charge on any atom is -0.506 e. The molecule has 0 heterocycles. The summed E-state index contributed by atoms with van der Waals surface area (Å²) < 4.78 is 79.4. The van der Waals surface area contributed by atoms with Gasteiger partial charge in [0.1, 0.15) is 11.5 Å². The van der Waals surface area contributed by atoms with Gasteiger partial charge in [-0.25, -0.2) is 19.2 Å². The molecule has 0 spiro atoms. The zero-order valence-corrected chi connectivity index (χ0v) is 34.4. The maximum absolute atomic E-state index is 12.1. The lowest BCUT2D eigenvalue weighted by Gasteiger charge is -2.10. The van der Waals surface area contributed by atoms with Gasteiger partial charge in [0.05, 0.1) is 65.8 Å². The fourth-order valence-corrected chi connectivity index (χ4v) is 4.78. The Morgan fingerprint density at radius 2 is 0.914 bits per heavy atom. The molecule has 0 saturated carbocycles. The van der Waals surface area contributed by atoms with Crippen molar-refractivity contribution in [3.63, 3.8) is 0 Å². The number of carbonyl (C=O) groups excluding carboxylic acids is 4. The molecule has 4 aromatic carbocycles. The van der Waals surface area contributed by atoms with Gasteiger partial charge < -0.3 is 38.5 Å². The van der Waals surface area contributed by atoms with Gasteiger partial charge in [-0.2, -0.15) is 21.6 Å². The monoisotopic (exact) mass is 919 g/mol. The summed E-state index contributed by atoms with van der Waals surface area (Å²) in [6, 6.07) is 15.9. The summed E-state index contributed by atoms with van der Waals surface area (Å²) in [7, 11) is 0.172. The highest BCUT2D eigenvalue weighted by Crippen LogP contribution is 2.32. The van der Waals surface area contributed by atoms with Crippen LogP contribution in [0.5, 0.6) is 17.2 Å². The number of methoxy groups -OCH3 is 4. The van der Waals surface area contributed by atoms with Crippen molar-refractivity contribution in [2.24, 2.45) is 0 Å². The number of phenolic OH excluding ortho intramolecular Hbond substituents is 2. The summed E-state index contributed by atoms with van der Waals surface area (Å²) in [5, 5.41) is 25.3. The molecule has 0 fully saturated rings. The SMILES string of the molecule is C=Cc1ccc(C(=O)OC)cc1Cl.CO.COC(=O)c1ccc(O)c(Cl)c1.COC(=O)c1ccc(O)c(Cl)c1.COC(=O)c1ccc(OS(=O)(=O)C(F)(F)F)c(Cl)c1.[H+]. The van der Waals surface area contributed by atoms with Gasteiger partial charge in [0.2, 0.25) is 0 Å². The third kappa shape index (κ3) is 16.7. The van der Waals surface area contributed by atoms with Crippen LogP contribution in [-0.2, 0) is 29.1 Å². The number of hydrogen-bond acceptors (Lipinski definition) is 14. The smallest absolute Gasteiger partial charge is 0.506 e. The van der Waals surface area contributed by atoms with E-state index in [2.05, 4.69) is 29.7 Å². The minimum atomic E-state index is -5.81. The van der Waals surface area contributed by atoms with Crippen LogP contribution >= 0.6 is 46.4 Å². The number of hydrogen-bond donors (Lipinski definition) is 3. The first kappa shape index (κ1) is 52.8. The summed E-state index contributed by atoms with van der Waals surface area (Å²) >= 11 is 22.5. The van der Waals surface area contributed by atoms with Gasteiger partial charge in [-0.3, -0.25) is 0 Å². The van der Waals surface area contributed by atoms with Crippen LogP contribution in [0.3, 0.4) is 0 Å². The summed E-state index contributed by atoms with van der Waals surface area (Å²) in [6.45, 7) is 3.59. The number of esters is 4. The van der Waals surface area contributed by atoms with Crippen molar-refractivity contribution in [2.45, 2.75) is 5.51 Å². The number of aliphatic hydroxyl groups excluding tert-OH is 1. The van der Waals surface area contributed by atoms with Crippen LogP contribution in [-0.4, -0.2) is 88.7 Å². The highest BCUT2D eigenvalue weighted by atomic mass is 35.5. The summed E-state index contributed by atoms with van der Waals surface area (Å²) in [5.74, 6) is -2.97. The second-order valence-electron chi connectivity index (χ2n) is 9.87. The molecule has 316 valence electrons. The van der Waals surface area contributed by atoms with Crippen LogP contribution in [0.4, 0.5) is 13.2 Å². The van der Waals surface area contributed by atoms with E-state index in [9.17, 15) is 40.8 Å². The standard InChI is InChI=1S/C10H9ClO2.C9H6ClF3O5S.2C8H7ClO3.CH4O/c1-3-7-4-5-8(6-9(7)11)10(12)13-2;1-17-8(14)5-2-3-7(6(10)4-5)18-19(15,16)9(11,12)13;2*1-12-8(11)5-2-3-7(10)6(9)4-5;1-2/h3-6H,1H2,2H3;2-4H,1H3;2*2-4,10H,1H3;2H,1H3/p+1. The van der Waals surface area contributed by atoms with Gasteiger partial charge in [-0.15, -0.1) is 0 Å². The number of carbonyl (C=O) groups is 4. The molecule has 14 nitrogen and oxygen atoms in total. The second-order valence-corrected chi connectivity index (χ2v) is 13.0. The zero-order chi connectivity index (χ0) is 45.0. The van der Waals surface area contributed by atoms with Gasteiger partial charge in [0.25, 0.3) is 0 Å². The quantitative estimate of drug-likeness (QED) is 0.0687. The molecule has 0 aliphatic carbocycles. The second kappa shape index (κ2) is 25.2. The highest BCUT2D eigenvalue weighted by molar-refractivity contribution is 7.88. The number of rotatable bonds is 7. The number of alkyl halides is 3. The Morgan fingerprint density at radius 1 is 0.603 bits per heavy atom. The first-order valence-electron chi connectivity index (χ1n) is 15.0. The van der Waals surface area contributed by atoms with Crippen molar-refractivity contribution in [3.8, 4) is 17.2 Å². The maximum Gasteiger partial charge on any atom is 1.00 e. The Kier molecular flexibility index (Phi) is 22.9. The van der Waals surface area contributed by atoms with Gasteiger partial charge >= 0.3 is 40.9 Å². The van der Waals surface area contributed by atoms with Gasteiger partial charge in [0, 0.05) is 12.1 Å². The van der Waals surface area contributed by atoms with E-state index in [0.29, 0.717) is 21.7 Å². The topological polar surface area (TPSA) is 209 Å². The van der Waals surface area contributed by atoms with Gasteiger partial charge in [-0.1, -0.05) is 65.1 Å². The number of benzene rings is 4. The maximum atomic E-state index is 12.1. The van der Waals surface area contributed by atoms with Crippen LogP contribution in [0.1, 0.15) is 48.4 Å². The van der Waals surface area contributed by atoms with Gasteiger partial charge in [-0.05, 0) is 72.3 Å². The first-order valence-corrected chi connectivity index (χ1v) is 18.0. The molecule has 0 radical (unpaired) electrons. The van der Waals surface area contributed by atoms with Crippen LogP contribution in [0, 0.1) is 0 Å². The van der Waals surface area contributed by atoms with Crippen LogP contribution in [0.15, 0.2) is 79.4 Å². The summed E-state index contributed by atoms with van der Waals surface area (Å²) in [4.78, 5) is 44.0. The predicted octanol–water partition coefficient (Wildman–Crippen LogP) is 8.51. The number of phenols is 2. The van der Waals surface area contributed by atoms with E-state index in [1.807, 2.05) is 0 Å². The predicted molar refractivity (Wildman–Crippen MR) is 209 cm³/mol. The van der Waals surface area contributed by atoms with Crippen LogP contribution in [0.2, 0.25) is 20.1 Å². The molecule has 58 heavy (non-hydrogen) atoms. The van der Waals surface area contributed by atoms with Crippen molar-refractivity contribution in [3.05, 3.63) is 127 Å². The molecule has 4 rings (SSSR count). The molecule has 0 atom stereocenters. The van der Waals surface area contributed by atoms with Crippen LogP contribution in [0.25, 0.3) is 6.08 Å². The number of halogens is 7. The Hall–Kier alpha value is -5.24. The molecule has 0 aromatic heterocycles. The van der Waals surface area contributed by atoms with E-state index in [1.165, 1.54) is 57.7 Å². The molecule has 0 unspecified atom stereocenters. The number of ether oxygens (including phenoxy) is 4. The lowest BCUT2D eigenvalue weighted by atomic mass is 10.1. The van der Waals surface area contributed by atoms with E-state index < -0.39 is 50.3 Å². The molecule has 0 aliphatic heterocycles. The first-order chi connectivity index (χ1) is 27.1. The third-order valence-electron chi connectivity index (χ3n) is 6.21. The van der Waals surface area contributed by atoms with Crippen molar-refractivity contribution >= 4 is 86.5 Å². The Morgan fingerprint density at radius 3 is 1.19 bits per heavy atom. The number of aliphatic hydroxyl groups is 1. The molecule has 0 saturated heterocycles. The lowest BCUT2D eigenvalue weighted by Crippen LogP contribution is -2.28. The van der Waals surface area contributed by atoms with E-state index in [4.69, 9.17) is 61.7 Å². The molecule has 3 N–H and O–H groups in total. The molecular weight excluding hydrogens is 887 g/mol. The Bertz CT molecular complexity index is 2110. The zero-order valence-electron chi connectivity index (χ0n) is 31.6. The van der Waals surface area contributed by atoms with Crippen molar-refractivity contribution in [1.29, 1.82) is 0 Å². The minimum absolute atomic E-state index is 0. The summed E-state index contributed by atoms with van der Waals surface area (Å²) in [6.07, 6.45) is 1.63. The highest BCUT2D eigenvalue weighted by Gasteiger charge is 2.48. The van der Waals surface area contributed by atoms with Crippen molar-refractivity contribution < 1.29 is 80.6 Å². The van der Waals surface area contributed by atoms with E-state index in [1.54, 1.807) is 24.3 Å². The van der Waals surface area contributed by atoms with E-state index in [0.717, 1.165) is 38.0 Å². The molecule has 22 heteroatoms. The average Bonchev–Trinajstić information content (AvgIpc) is 3.20. The molecule has 4 aromatic rings. The number of aromatic hydroxyl groups is 2. The lowest BCUT2D eigenvalue weighted by molar-refractivity contribution is -0.0500. The van der Waals surface area contributed by atoms with Crippen LogP contribution < -0.4 is 4.18 Å². The normalized spacial score (nSPS) is 10.1. The van der Waals surface area contributed by atoms with E-state index >= 15 is 0 Å². The molecule has 0 bridgehead atoms. The van der Waals surface area contributed by atoms with Crippen molar-refractivity contribution in [2.75, 3.05) is 35.5 Å². The molecule has 0 amide bonds. The van der Waals surface area contributed by atoms with Crippen molar-refractivity contribution in [1.82, 2.24) is 0 Å². The average molecular weight is 922 g/mol. The van der Waals surface area contributed by atoms with Gasteiger partial charge in [0.15, 0.2) is 5.75 Å². The Labute approximate surface area is 351 Å². The fourth-order valence-electron chi connectivity index (χ4n) is 3.42. The molecular formula is C36H34Cl4F3O14S+. The van der Waals surface area contributed by atoms with E-state index in [-0.39, 0.29) is 28.5 Å². The molecule has 0 aliphatic rings. The summed E-state index contributed by atoms with van der Waals surface area (Å²) in [5.41, 5.74) is -3.76. The Balaban J connectivity index is 0. The largest absolute Gasteiger partial charge is 1.00 e.